The van der Waals surface area contributed by atoms with E-state index >= 15 is 0 Å². The molecule has 3 heterocycles. The zero-order valence-corrected chi connectivity index (χ0v) is 24.6. The summed E-state index contributed by atoms with van der Waals surface area (Å²) in [7, 11) is 0. The van der Waals surface area contributed by atoms with Crippen LogP contribution in [-0.4, -0.2) is 51.2 Å². The van der Waals surface area contributed by atoms with Crippen LogP contribution in [-0.2, 0) is 16.1 Å². The van der Waals surface area contributed by atoms with Gasteiger partial charge in [-0.15, -0.1) is 0 Å². The Labute approximate surface area is 259 Å². The van der Waals surface area contributed by atoms with Crippen LogP contribution in [0.3, 0.4) is 0 Å². The summed E-state index contributed by atoms with van der Waals surface area (Å²) in [6, 6.07) is 14.5. The van der Waals surface area contributed by atoms with Crippen molar-refractivity contribution in [3.8, 4) is 11.5 Å². The third kappa shape index (κ3) is 7.00. The van der Waals surface area contributed by atoms with Gasteiger partial charge in [0.25, 0.3) is 0 Å². The maximum Gasteiger partial charge on any atom is 0.413 e. The summed E-state index contributed by atoms with van der Waals surface area (Å²) >= 11 is 6.53. The molecule has 2 aromatic carbocycles. The van der Waals surface area contributed by atoms with Gasteiger partial charge in [-0.25, -0.2) is 14.8 Å². The Morgan fingerprint density at radius 1 is 1.05 bits per heavy atom. The molecule has 11 nitrogen and oxygen atoms in total. The second kappa shape index (κ2) is 13.2. The van der Waals surface area contributed by atoms with E-state index in [1.807, 2.05) is 24.3 Å². The average Bonchev–Trinajstić information content (AvgIpc) is 3.76. The fourth-order valence-electron chi connectivity index (χ4n) is 4.85. The summed E-state index contributed by atoms with van der Waals surface area (Å²) in [5.74, 6) is 1.70. The molecule has 226 valence electrons. The molecule has 0 spiro atoms. The van der Waals surface area contributed by atoms with E-state index in [4.69, 9.17) is 25.8 Å². The Bertz CT molecular complexity index is 1680. The van der Waals surface area contributed by atoms with Crippen molar-refractivity contribution in [2.75, 3.05) is 23.8 Å². The molecule has 2 aliphatic rings. The van der Waals surface area contributed by atoms with Crippen LogP contribution in [0, 0.1) is 5.92 Å². The average molecular weight is 615 g/mol. The molecule has 12 heteroatoms. The molecule has 44 heavy (non-hydrogen) atoms. The monoisotopic (exact) mass is 614 g/mol. The van der Waals surface area contributed by atoms with Crippen molar-refractivity contribution in [1.29, 1.82) is 0 Å². The zero-order chi connectivity index (χ0) is 30.5. The number of fused-ring (bicyclic) bond motifs is 1. The van der Waals surface area contributed by atoms with Crippen LogP contribution in [0.4, 0.5) is 22.0 Å². The molecule has 1 aliphatic heterocycles. The number of rotatable bonds is 11. The quantitative estimate of drug-likeness (QED) is 0.183. The number of nitrogens with one attached hydrogen (secondary N) is 2. The van der Waals surface area contributed by atoms with Gasteiger partial charge < -0.3 is 24.4 Å². The van der Waals surface area contributed by atoms with Crippen LogP contribution < -0.4 is 20.1 Å². The maximum absolute atomic E-state index is 13.0. The zero-order valence-electron chi connectivity index (χ0n) is 23.9. The van der Waals surface area contributed by atoms with Gasteiger partial charge in [-0.05, 0) is 67.7 Å². The Kier molecular flexibility index (Phi) is 8.74. The van der Waals surface area contributed by atoms with E-state index in [0.717, 1.165) is 25.0 Å². The van der Waals surface area contributed by atoms with Crippen molar-refractivity contribution in [3.63, 3.8) is 0 Å². The van der Waals surface area contributed by atoms with Crippen molar-refractivity contribution < 1.29 is 23.8 Å². The molecule has 2 aromatic heterocycles. The van der Waals surface area contributed by atoms with E-state index in [9.17, 15) is 9.59 Å². The van der Waals surface area contributed by atoms with Gasteiger partial charge in [-0.2, -0.15) is 0 Å². The molecule has 0 unspecified atom stereocenters. The van der Waals surface area contributed by atoms with Crippen LogP contribution >= 0.6 is 11.6 Å². The molecular formula is C32H31ClN6O5. The van der Waals surface area contributed by atoms with Gasteiger partial charge in [-0.3, -0.25) is 15.1 Å². The van der Waals surface area contributed by atoms with Crippen molar-refractivity contribution >= 4 is 51.7 Å². The summed E-state index contributed by atoms with van der Waals surface area (Å²) in [6.45, 7) is 4.86. The molecule has 2 fully saturated rings. The van der Waals surface area contributed by atoms with Gasteiger partial charge in [0.2, 0.25) is 5.91 Å². The number of hydrogen-bond donors (Lipinski definition) is 2. The number of carbonyl (C=O) groups excluding carboxylic acids is 2. The van der Waals surface area contributed by atoms with E-state index in [2.05, 4.69) is 32.2 Å². The van der Waals surface area contributed by atoms with Gasteiger partial charge in [-0.1, -0.05) is 24.2 Å². The van der Waals surface area contributed by atoms with E-state index in [-0.39, 0.29) is 12.5 Å². The van der Waals surface area contributed by atoms with Gasteiger partial charge in [0.05, 0.1) is 28.5 Å². The minimum absolute atomic E-state index is 0.278. The lowest BCUT2D eigenvalue weighted by Crippen LogP contribution is -2.38. The highest BCUT2D eigenvalue weighted by molar-refractivity contribution is 6.32. The minimum Gasteiger partial charge on any atom is -0.491 e. The number of anilines is 3. The van der Waals surface area contributed by atoms with Crippen molar-refractivity contribution in [2.45, 2.75) is 38.5 Å². The summed E-state index contributed by atoms with van der Waals surface area (Å²) in [4.78, 5) is 39.8. The second-order valence-corrected chi connectivity index (χ2v) is 11.0. The standard InChI is InChI=1S/C32H31ClN6O5/c1-2-29(40)39-13-5-7-30(39)44-32(41)38-26-15-23-25(16-28(26)42-17-20-8-9-20)35-19-36-31(23)37-21-10-11-27(24(33)14-21)43-18-22-6-3-4-12-34-22/h2-4,6,10-12,14-16,19-20,30H,1,5,7-9,13,17-18H2,(H,38,41)(H,35,36,37)/t30-/m0/s1. The number of amides is 2. The Hall–Kier alpha value is -4.90. The highest BCUT2D eigenvalue weighted by Gasteiger charge is 2.31. The van der Waals surface area contributed by atoms with E-state index in [1.165, 1.54) is 17.3 Å². The van der Waals surface area contributed by atoms with Gasteiger partial charge >= 0.3 is 6.09 Å². The summed E-state index contributed by atoms with van der Waals surface area (Å²) < 4.78 is 17.6. The molecule has 0 bridgehead atoms. The number of benzene rings is 2. The number of likely N-dealkylation sites (tertiary alicyclic amines) is 1. The smallest absolute Gasteiger partial charge is 0.413 e. The van der Waals surface area contributed by atoms with Gasteiger partial charge in [0.15, 0.2) is 6.23 Å². The van der Waals surface area contributed by atoms with Gasteiger partial charge in [0.1, 0.15) is 30.3 Å². The molecule has 0 radical (unpaired) electrons. The summed E-state index contributed by atoms with van der Waals surface area (Å²) in [6.07, 6.45) is 6.51. The number of ether oxygens (including phenoxy) is 3. The fourth-order valence-corrected chi connectivity index (χ4v) is 5.09. The predicted molar refractivity (Wildman–Crippen MR) is 166 cm³/mol. The van der Waals surface area contributed by atoms with E-state index in [1.54, 1.807) is 30.5 Å². The molecule has 4 aromatic rings. The first-order valence-corrected chi connectivity index (χ1v) is 14.8. The van der Waals surface area contributed by atoms with Crippen LogP contribution in [0.15, 0.2) is 73.7 Å². The van der Waals surface area contributed by atoms with Crippen LogP contribution in [0.5, 0.6) is 11.5 Å². The highest BCUT2D eigenvalue weighted by Crippen LogP contribution is 2.37. The number of aromatic nitrogens is 3. The lowest BCUT2D eigenvalue weighted by Gasteiger charge is -2.23. The van der Waals surface area contributed by atoms with Crippen LogP contribution in [0.1, 0.15) is 31.4 Å². The van der Waals surface area contributed by atoms with Crippen LogP contribution in [0.25, 0.3) is 10.9 Å². The lowest BCUT2D eigenvalue weighted by molar-refractivity contribution is -0.132. The van der Waals surface area contributed by atoms with Gasteiger partial charge in [0, 0.05) is 36.3 Å². The predicted octanol–water partition coefficient (Wildman–Crippen LogP) is 6.47. The molecule has 1 saturated heterocycles. The molecule has 2 N–H and O–H groups in total. The molecular weight excluding hydrogens is 584 g/mol. The summed E-state index contributed by atoms with van der Waals surface area (Å²) in [5.41, 5.74) is 2.48. The largest absolute Gasteiger partial charge is 0.491 e. The molecule has 2 amide bonds. The third-order valence-electron chi connectivity index (χ3n) is 7.34. The first-order valence-electron chi connectivity index (χ1n) is 14.4. The Balaban J connectivity index is 1.22. The van der Waals surface area contributed by atoms with Crippen molar-refractivity contribution in [1.82, 2.24) is 19.9 Å². The number of hydrogen-bond acceptors (Lipinski definition) is 9. The van der Waals surface area contributed by atoms with Crippen molar-refractivity contribution in [3.05, 3.63) is 84.4 Å². The fraction of sp³-hybridized carbons (Fsp3) is 0.281. The lowest BCUT2D eigenvalue weighted by atomic mass is 10.2. The topological polar surface area (TPSA) is 128 Å². The normalized spacial score (nSPS) is 15.9. The summed E-state index contributed by atoms with van der Waals surface area (Å²) in [5, 5.41) is 7.16. The molecule has 6 rings (SSSR count). The van der Waals surface area contributed by atoms with E-state index in [0.29, 0.717) is 70.1 Å². The number of nitrogens with zero attached hydrogens (tertiary/aromatic N) is 4. The molecule has 1 saturated carbocycles. The minimum atomic E-state index is -0.700. The van der Waals surface area contributed by atoms with Crippen LogP contribution in [0.2, 0.25) is 5.02 Å². The SMILES string of the molecule is C=CC(=O)N1CCC[C@@H]1OC(=O)Nc1cc2c(Nc3ccc(OCc4ccccn4)c(Cl)c3)ncnc2cc1OCC1CC1. The van der Waals surface area contributed by atoms with E-state index < -0.39 is 12.3 Å². The molecule has 1 atom stereocenters. The highest BCUT2D eigenvalue weighted by atomic mass is 35.5. The molecule has 1 aliphatic carbocycles. The third-order valence-corrected chi connectivity index (χ3v) is 7.64. The van der Waals surface area contributed by atoms with Crippen molar-refractivity contribution in [2.24, 2.45) is 5.92 Å². The number of carbonyl (C=O) groups is 2. The Morgan fingerprint density at radius 2 is 1.93 bits per heavy atom. The Morgan fingerprint density at radius 3 is 2.70 bits per heavy atom. The number of pyridine rings is 1. The first kappa shape index (κ1) is 29.2. The number of halogens is 1. The second-order valence-electron chi connectivity index (χ2n) is 10.6. The first-order chi connectivity index (χ1) is 21.5. The maximum atomic E-state index is 13.0.